The average Bonchev–Trinajstić information content (AvgIpc) is 3.20. The monoisotopic (exact) mass is 446 g/mol. The van der Waals surface area contributed by atoms with E-state index in [1.54, 1.807) is 36.4 Å². The minimum absolute atomic E-state index is 0.00761. The number of hydrogen-bond donors (Lipinski definition) is 4. The lowest BCUT2D eigenvalue weighted by Crippen LogP contribution is -2.52. The van der Waals surface area contributed by atoms with Crippen LogP contribution in [0.1, 0.15) is 32.4 Å². The van der Waals surface area contributed by atoms with Crippen molar-refractivity contribution < 1.29 is 19.4 Å². The number of nitrogens with zero attached hydrogens (tertiary/aromatic N) is 1. The molecule has 0 saturated heterocycles. The minimum atomic E-state index is -1.62. The number of carboxylic acid groups (broad SMARTS) is 1. The number of carbonyl (C=O) groups is 2. The Balaban J connectivity index is 1.66. The predicted molar refractivity (Wildman–Crippen MR) is 121 cm³/mol. The highest BCUT2D eigenvalue weighted by molar-refractivity contribution is 7.21. The van der Waals surface area contributed by atoms with E-state index in [-0.39, 0.29) is 10.4 Å². The zero-order valence-corrected chi connectivity index (χ0v) is 17.4. The Morgan fingerprint density at radius 2 is 1.88 bits per heavy atom. The summed E-state index contributed by atoms with van der Waals surface area (Å²) in [6.45, 7) is 0. The zero-order chi connectivity index (χ0) is 22.6. The highest BCUT2D eigenvalue weighted by atomic mass is 32.1. The van der Waals surface area contributed by atoms with E-state index in [9.17, 15) is 14.7 Å². The van der Waals surface area contributed by atoms with Crippen LogP contribution < -0.4 is 21.9 Å². The van der Waals surface area contributed by atoms with Crippen molar-refractivity contribution >= 4 is 38.9 Å². The first kappa shape index (κ1) is 20.1. The molecule has 0 amide bonds. The van der Waals surface area contributed by atoms with E-state index in [0.717, 1.165) is 11.3 Å². The molecule has 0 bridgehead atoms. The van der Waals surface area contributed by atoms with Gasteiger partial charge >= 0.3 is 5.97 Å². The van der Waals surface area contributed by atoms with Gasteiger partial charge in [0.25, 0.3) is 0 Å². The van der Waals surface area contributed by atoms with Gasteiger partial charge in [-0.2, -0.15) is 0 Å². The Labute approximate surface area is 186 Å². The van der Waals surface area contributed by atoms with Crippen LogP contribution >= 0.6 is 11.3 Å². The van der Waals surface area contributed by atoms with Gasteiger partial charge in [-0.15, -0.1) is 11.3 Å². The summed E-state index contributed by atoms with van der Waals surface area (Å²) >= 11 is 0.995. The lowest BCUT2D eigenvalue weighted by Gasteiger charge is -2.36. The van der Waals surface area contributed by atoms with Crippen molar-refractivity contribution in [1.29, 1.82) is 0 Å². The number of hydrogen-bond acceptors (Lipinski definition) is 8. The molecule has 0 fully saturated rings. The molecule has 160 valence electrons. The maximum Gasteiger partial charge on any atom is 0.346 e. The van der Waals surface area contributed by atoms with Gasteiger partial charge in [-0.1, -0.05) is 24.3 Å². The first-order valence-electron chi connectivity index (χ1n) is 9.69. The molecule has 8 nitrogen and oxygen atoms in total. The second-order valence-electron chi connectivity index (χ2n) is 7.51. The molecule has 2 aromatic carbocycles. The normalized spacial score (nSPS) is 19.8. The number of ketones is 1. The molecule has 0 saturated carbocycles. The lowest BCUT2D eigenvalue weighted by atomic mass is 9.71. The molecule has 0 aliphatic heterocycles. The van der Waals surface area contributed by atoms with E-state index in [4.69, 9.17) is 21.9 Å². The minimum Gasteiger partial charge on any atom is -0.477 e. The number of ether oxygens (including phenoxy) is 1. The van der Waals surface area contributed by atoms with Gasteiger partial charge in [0.05, 0.1) is 10.7 Å². The number of Topliss-reactive ketones (excluding diaryl/α,β-unsaturated/α-hetero) is 1. The summed E-state index contributed by atoms with van der Waals surface area (Å²) in [5.41, 5.74) is 19.0. The maximum absolute atomic E-state index is 13.5. The van der Waals surface area contributed by atoms with Crippen LogP contribution in [0.5, 0.6) is 11.6 Å². The summed E-state index contributed by atoms with van der Waals surface area (Å²) in [7, 11) is 0. The molecule has 2 aromatic heterocycles. The number of para-hydroxylation sites is 1. The van der Waals surface area contributed by atoms with Crippen molar-refractivity contribution in [1.82, 2.24) is 4.98 Å². The van der Waals surface area contributed by atoms with Crippen LogP contribution in [0.4, 0.5) is 5.69 Å². The van der Waals surface area contributed by atoms with Gasteiger partial charge < -0.3 is 27.0 Å². The fraction of sp³-hybridized carbons (Fsp3) is 0.0870. The number of anilines is 1. The van der Waals surface area contributed by atoms with E-state index in [1.807, 2.05) is 18.2 Å². The molecule has 9 heteroatoms. The largest absolute Gasteiger partial charge is 0.477 e. The van der Waals surface area contributed by atoms with Gasteiger partial charge in [-0.3, -0.25) is 4.79 Å². The molecule has 1 aliphatic carbocycles. The van der Waals surface area contributed by atoms with E-state index in [1.165, 1.54) is 6.20 Å². The fourth-order valence-electron chi connectivity index (χ4n) is 4.12. The van der Waals surface area contributed by atoms with Gasteiger partial charge in [0.15, 0.2) is 5.78 Å². The highest BCUT2D eigenvalue weighted by Gasteiger charge is 2.49. The first-order chi connectivity index (χ1) is 15.3. The fourth-order valence-corrected chi connectivity index (χ4v) is 5.26. The molecule has 32 heavy (non-hydrogen) atoms. The Bertz CT molecular complexity index is 1380. The van der Waals surface area contributed by atoms with E-state index < -0.39 is 23.3 Å². The number of thiophene rings is 1. The number of nitrogens with two attached hydrogens (primary N) is 3. The van der Waals surface area contributed by atoms with Crippen molar-refractivity contribution in [2.45, 2.75) is 11.6 Å². The van der Waals surface area contributed by atoms with Crippen molar-refractivity contribution in [2.24, 2.45) is 11.5 Å². The van der Waals surface area contributed by atoms with Gasteiger partial charge in [0, 0.05) is 34.5 Å². The Hall–Kier alpha value is -3.79. The summed E-state index contributed by atoms with van der Waals surface area (Å²) in [5, 5.41) is 10.2. The number of aromatic nitrogens is 1. The molecule has 0 radical (unpaired) electrons. The van der Waals surface area contributed by atoms with Crippen molar-refractivity contribution in [2.75, 3.05) is 5.73 Å². The van der Waals surface area contributed by atoms with Crippen LogP contribution in [0.15, 0.2) is 60.8 Å². The Morgan fingerprint density at radius 3 is 2.53 bits per heavy atom. The van der Waals surface area contributed by atoms with Crippen LogP contribution in [0.25, 0.3) is 10.1 Å². The van der Waals surface area contributed by atoms with Crippen LogP contribution in [-0.4, -0.2) is 21.8 Å². The van der Waals surface area contributed by atoms with E-state index >= 15 is 0 Å². The zero-order valence-electron chi connectivity index (χ0n) is 16.6. The van der Waals surface area contributed by atoms with E-state index in [0.29, 0.717) is 38.5 Å². The van der Waals surface area contributed by atoms with Gasteiger partial charge in [-0.25, -0.2) is 9.78 Å². The molecule has 2 atom stereocenters. The topological polar surface area (TPSA) is 155 Å². The van der Waals surface area contributed by atoms with Gasteiger partial charge in [-0.05, 0) is 29.8 Å². The SMILES string of the molecule is Nc1ccc2c3c(c(C(=O)O)sc13)C(N)C(=O)C2(N)c1ccc(Oc2ccccc2)nc1. The number of nitrogen functional groups attached to an aromatic ring is 1. The average molecular weight is 446 g/mol. The molecule has 2 heterocycles. The number of aromatic carboxylic acids is 1. The predicted octanol–water partition coefficient (Wildman–Crippen LogP) is 3.15. The third-order valence-corrected chi connectivity index (χ3v) is 6.91. The summed E-state index contributed by atoms with van der Waals surface area (Å²) in [5.74, 6) is -0.725. The first-order valence-corrected chi connectivity index (χ1v) is 10.5. The summed E-state index contributed by atoms with van der Waals surface area (Å²) in [4.78, 5) is 29.6. The maximum atomic E-state index is 13.5. The molecule has 2 unspecified atom stereocenters. The molecular weight excluding hydrogens is 428 g/mol. The molecule has 5 rings (SSSR count). The number of carbonyl (C=O) groups excluding carboxylic acids is 1. The lowest BCUT2D eigenvalue weighted by molar-refractivity contribution is -0.124. The van der Waals surface area contributed by atoms with Crippen LogP contribution in [0.3, 0.4) is 0 Å². The molecule has 1 aliphatic rings. The third kappa shape index (κ3) is 2.79. The summed E-state index contributed by atoms with van der Waals surface area (Å²) in [6.07, 6.45) is 1.47. The summed E-state index contributed by atoms with van der Waals surface area (Å²) in [6, 6.07) is 14.5. The Kier molecular flexibility index (Phi) is 4.48. The Morgan fingerprint density at radius 1 is 1.12 bits per heavy atom. The van der Waals surface area contributed by atoms with Crippen molar-refractivity contribution in [3.05, 3.63) is 82.4 Å². The molecule has 4 aromatic rings. The number of pyridine rings is 1. The van der Waals surface area contributed by atoms with Crippen LogP contribution in [0, 0.1) is 0 Å². The van der Waals surface area contributed by atoms with Crippen LogP contribution in [0.2, 0.25) is 0 Å². The third-order valence-electron chi connectivity index (χ3n) is 5.66. The molecule has 0 spiro atoms. The smallest absolute Gasteiger partial charge is 0.346 e. The second-order valence-corrected chi connectivity index (χ2v) is 8.53. The quantitative estimate of drug-likeness (QED) is 0.349. The molecular formula is C23H18N4O4S. The highest BCUT2D eigenvalue weighted by Crippen LogP contribution is 2.49. The van der Waals surface area contributed by atoms with Crippen molar-refractivity contribution in [3.63, 3.8) is 0 Å². The van der Waals surface area contributed by atoms with Gasteiger partial charge in [0.1, 0.15) is 16.2 Å². The number of benzene rings is 2. The number of rotatable bonds is 4. The molecule has 7 N–H and O–H groups in total. The standard InChI is InChI=1S/C23H18N4O4S/c24-14-8-7-13-16-17(20(22(29)30)32-19(14)16)18(25)21(28)23(13,26)11-6-9-15(27-10-11)31-12-4-2-1-3-5-12/h1-10,18H,24-26H2,(H,29,30). The van der Waals surface area contributed by atoms with Crippen molar-refractivity contribution in [3.8, 4) is 11.6 Å². The second kappa shape index (κ2) is 7.13. The van der Waals surface area contributed by atoms with E-state index in [2.05, 4.69) is 4.98 Å². The summed E-state index contributed by atoms with van der Waals surface area (Å²) < 4.78 is 6.27. The number of carboxylic acids is 1. The van der Waals surface area contributed by atoms with Gasteiger partial charge in [0.2, 0.25) is 5.88 Å². The van der Waals surface area contributed by atoms with Crippen LogP contribution in [-0.2, 0) is 10.3 Å².